The van der Waals surface area contributed by atoms with Crippen LogP contribution >= 0.6 is 0 Å². The van der Waals surface area contributed by atoms with Gasteiger partial charge in [0.05, 0.1) is 0 Å². The Morgan fingerprint density at radius 2 is 1.77 bits per heavy atom. The molecule has 0 saturated heterocycles. The Labute approximate surface area is 146 Å². The van der Waals surface area contributed by atoms with E-state index in [1.54, 1.807) is 28.9 Å². The fourth-order valence-corrected chi connectivity index (χ4v) is 2.82. The van der Waals surface area contributed by atoms with Gasteiger partial charge in [-0.05, 0) is 53.6 Å². The number of fused-ring (bicyclic) bond motifs is 1. The first-order chi connectivity index (χ1) is 12.6. The van der Waals surface area contributed by atoms with E-state index in [-0.39, 0.29) is 17.6 Å². The molecule has 1 aliphatic rings. The van der Waals surface area contributed by atoms with Crippen molar-refractivity contribution in [1.29, 1.82) is 0 Å². The molecule has 8 heteroatoms. The number of halogens is 3. The molecule has 0 unspecified atom stereocenters. The van der Waals surface area contributed by atoms with Crippen LogP contribution < -0.4 is 10.1 Å². The van der Waals surface area contributed by atoms with Gasteiger partial charge in [0.25, 0.3) is 0 Å². The summed E-state index contributed by atoms with van der Waals surface area (Å²) in [5, 5.41) is 7.37. The van der Waals surface area contributed by atoms with Gasteiger partial charge in [-0.25, -0.2) is 9.07 Å². The van der Waals surface area contributed by atoms with E-state index in [9.17, 15) is 13.2 Å². The Morgan fingerprint density at radius 3 is 2.46 bits per heavy atom. The number of ether oxygens (including phenoxy) is 1. The Balaban J connectivity index is 1.70. The van der Waals surface area contributed by atoms with Crippen molar-refractivity contribution in [2.45, 2.75) is 12.7 Å². The number of hydrogen-bond acceptors (Lipinski definition) is 4. The Bertz CT molecular complexity index is 936. The van der Waals surface area contributed by atoms with E-state index in [0.29, 0.717) is 5.95 Å². The SMILES string of the molecule is Fc1ccc(C2=C[C@@H](c3ccc(OC(F)F)cc3)n3ncnc3N2)cc1. The van der Waals surface area contributed by atoms with Crippen LogP contribution in [0.1, 0.15) is 17.2 Å². The largest absolute Gasteiger partial charge is 0.435 e. The molecule has 1 aromatic heterocycles. The van der Waals surface area contributed by atoms with Gasteiger partial charge in [0.15, 0.2) is 0 Å². The van der Waals surface area contributed by atoms with Crippen LogP contribution in [0.25, 0.3) is 5.70 Å². The maximum atomic E-state index is 13.2. The number of anilines is 1. The van der Waals surface area contributed by atoms with Crippen molar-refractivity contribution in [3.63, 3.8) is 0 Å². The van der Waals surface area contributed by atoms with Crippen LogP contribution in [0.3, 0.4) is 0 Å². The zero-order valence-corrected chi connectivity index (χ0v) is 13.3. The van der Waals surface area contributed by atoms with E-state index in [1.165, 1.54) is 30.6 Å². The topological polar surface area (TPSA) is 52.0 Å². The molecule has 0 saturated carbocycles. The molecule has 0 bridgehead atoms. The van der Waals surface area contributed by atoms with Gasteiger partial charge in [-0.3, -0.25) is 0 Å². The Kier molecular flexibility index (Phi) is 4.08. The summed E-state index contributed by atoms with van der Waals surface area (Å²) in [7, 11) is 0. The predicted molar refractivity (Wildman–Crippen MR) is 89.2 cm³/mol. The minimum absolute atomic E-state index is 0.0826. The summed E-state index contributed by atoms with van der Waals surface area (Å²) in [6, 6.07) is 12.1. The van der Waals surface area contributed by atoms with E-state index < -0.39 is 6.61 Å². The van der Waals surface area contributed by atoms with Gasteiger partial charge in [0.1, 0.15) is 23.9 Å². The van der Waals surface area contributed by atoms with Crippen LogP contribution in [0.5, 0.6) is 5.75 Å². The number of allylic oxidation sites excluding steroid dienone is 1. The number of nitrogens with zero attached hydrogens (tertiary/aromatic N) is 3. The first-order valence-electron chi connectivity index (χ1n) is 7.79. The lowest BCUT2D eigenvalue weighted by Crippen LogP contribution is -2.20. The van der Waals surface area contributed by atoms with Crippen LogP contribution in [0, 0.1) is 5.82 Å². The summed E-state index contributed by atoms with van der Waals surface area (Å²) in [6.45, 7) is -2.87. The first kappa shape index (κ1) is 16.2. The van der Waals surface area contributed by atoms with Gasteiger partial charge in [0.2, 0.25) is 5.95 Å². The zero-order chi connectivity index (χ0) is 18.1. The smallest absolute Gasteiger partial charge is 0.387 e. The molecular formula is C18H13F3N4O. The van der Waals surface area contributed by atoms with E-state index in [4.69, 9.17) is 0 Å². The molecule has 0 fully saturated rings. The van der Waals surface area contributed by atoms with Crippen molar-refractivity contribution in [3.8, 4) is 5.75 Å². The first-order valence-corrected chi connectivity index (χ1v) is 7.79. The van der Waals surface area contributed by atoms with Gasteiger partial charge in [-0.1, -0.05) is 12.1 Å². The highest BCUT2D eigenvalue weighted by Gasteiger charge is 2.23. The second kappa shape index (κ2) is 6.55. The van der Waals surface area contributed by atoms with Crippen molar-refractivity contribution >= 4 is 11.6 Å². The van der Waals surface area contributed by atoms with E-state index in [0.717, 1.165) is 16.8 Å². The summed E-state index contributed by atoms with van der Waals surface area (Å²) >= 11 is 0. The average molecular weight is 358 g/mol. The lowest BCUT2D eigenvalue weighted by molar-refractivity contribution is -0.0498. The molecular weight excluding hydrogens is 345 g/mol. The minimum Gasteiger partial charge on any atom is -0.435 e. The quantitative estimate of drug-likeness (QED) is 0.764. The fourth-order valence-electron chi connectivity index (χ4n) is 2.82. The van der Waals surface area contributed by atoms with Crippen molar-refractivity contribution < 1.29 is 17.9 Å². The molecule has 4 rings (SSSR count). The van der Waals surface area contributed by atoms with Crippen molar-refractivity contribution in [1.82, 2.24) is 14.8 Å². The van der Waals surface area contributed by atoms with Gasteiger partial charge >= 0.3 is 6.61 Å². The molecule has 1 atom stereocenters. The second-order valence-corrected chi connectivity index (χ2v) is 5.63. The van der Waals surface area contributed by atoms with Gasteiger partial charge in [0, 0.05) is 5.70 Å². The van der Waals surface area contributed by atoms with Crippen LogP contribution in [0.15, 0.2) is 60.9 Å². The third-order valence-corrected chi connectivity index (χ3v) is 4.01. The number of rotatable bonds is 4. The zero-order valence-electron chi connectivity index (χ0n) is 13.3. The molecule has 5 nitrogen and oxygen atoms in total. The fraction of sp³-hybridized carbons (Fsp3) is 0.111. The lowest BCUT2D eigenvalue weighted by Gasteiger charge is -2.24. The molecule has 1 N–H and O–H groups in total. The van der Waals surface area contributed by atoms with Gasteiger partial charge in [-0.2, -0.15) is 18.9 Å². The standard InChI is InChI=1S/C18H13F3N4O/c19-13-5-1-11(2-6-13)15-9-16(25-18(24-15)22-10-23-25)12-3-7-14(8-4-12)26-17(20)21/h1-10,16-17H,(H,22,23,24)/t16-/m0/s1. The molecule has 0 amide bonds. The van der Waals surface area contributed by atoms with E-state index in [2.05, 4.69) is 20.1 Å². The predicted octanol–water partition coefficient (Wildman–Crippen LogP) is 4.07. The minimum atomic E-state index is -2.87. The molecule has 26 heavy (non-hydrogen) atoms. The number of nitrogens with one attached hydrogen (secondary N) is 1. The Morgan fingerprint density at radius 1 is 1.04 bits per heavy atom. The molecule has 3 aromatic rings. The highest BCUT2D eigenvalue weighted by atomic mass is 19.3. The number of benzene rings is 2. The highest BCUT2D eigenvalue weighted by Crippen LogP contribution is 2.32. The molecule has 2 aromatic carbocycles. The van der Waals surface area contributed by atoms with Crippen LogP contribution in [0.4, 0.5) is 19.1 Å². The molecule has 0 aliphatic carbocycles. The monoisotopic (exact) mass is 358 g/mol. The number of alkyl halides is 2. The normalized spacial score (nSPS) is 16.0. The third-order valence-electron chi connectivity index (χ3n) is 4.01. The molecule has 1 aliphatic heterocycles. The summed E-state index contributed by atoms with van der Waals surface area (Å²) < 4.78 is 43.9. The molecule has 132 valence electrons. The summed E-state index contributed by atoms with van der Waals surface area (Å²) in [5.74, 6) is 0.295. The molecule has 2 heterocycles. The van der Waals surface area contributed by atoms with Gasteiger partial charge in [-0.15, -0.1) is 0 Å². The Hall–Kier alpha value is -3.29. The highest BCUT2D eigenvalue weighted by molar-refractivity contribution is 5.77. The second-order valence-electron chi connectivity index (χ2n) is 5.63. The van der Waals surface area contributed by atoms with E-state index in [1.807, 2.05) is 6.08 Å². The summed E-state index contributed by atoms with van der Waals surface area (Å²) in [5.41, 5.74) is 2.37. The van der Waals surface area contributed by atoms with Crippen molar-refractivity contribution in [3.05, 3.63) is 77.9 Å². The molecule has 0 radical (unpaired) electrons. The summed E-state index contributed by atoms with van der Waals surface area (Å²) in [6.07, 6.45) is 3.34. The average Bonchev–Trinajstić information content (AvgIpc) is 3.10. The van der Waals surface area contributed by atoms with Crippen LogP contribution in [-0.2, 0) is 0 Å². The van der Waals surface area contributed by atoms with Gasteiger partial charge < -0.3 is 10.1 Å². The van der Waals surface area contributed by atoms with Crippen molar-refractivity contribution in [2.75, 3.05) is 5.32 Å². The maximum absolute atomic E-state index is 13.2. The van der Waals surface area contributed by atoms with Crippen molar-refractivity contribution in [2.24, 2.45) is 0 Å². The number of aromatic nitrogens is 3. The van der Waals surface area contributed by atoms with Crippen LogP contribution in [0.2, 0.25) is 0 Å². The third kappa shape index (κ3) is 3.13. The lowest BCUT2D eigenvalue weighted by atomic mass is 10.0. The number of hydrogen-bond donors (Lipinski definition) is 1. The molecule has 0 spiro atoms. The summed E-state index contributed by atoms with van der Waals surface area (Å²) in [4.78, 5) is 4.18. The maximum Gasteiger partial charge on any atom is 0.387 e. The van der Waals surface area contributed by atoms with Crippen LogP contribution in [-0.4, -0.2) is 21.4 Å². The van der Waals surface area contributed by atoms with E-state index >= 15 is 0 Å².